The maximum absolute atomic E-state index is 2.54. The van der Waals surface area contributed by atoms with Gasteiger partial charge in [0.05, 0.1) is 0 Å². The summed E-state index contributed by atoms with van der Waals surface area (Å²) in [7, 11) is 0. The molecule has 0 aliphatic heterocycles. The molecule has 0 saturated carbocycles. The van der Waals surface area contributed by atoms with Gasteiger partial charge in [0.1, 0.15) is 0 Å². The Labute approximate surface area is 158 Å². The van der Waals surface area contributed by atoms with E-state index in [-0.39, 0.29) is 0 Å². The zero-order valence-corrected chi connectivity index (χ0v) is 16.5. The van der Waals surface area contributed by atoms with Gasteiger partial charge in [0.15, 0.2) is 0 Å². The molecule has 0 fully saturated rings. The molecule has 26 heavy (non-hydrogen) atoms. The largest absolute Gasteiger partial charge is 0.0729 e. The predicted molar refractivity (Wildman–Crippen MR) is 113 cm³/mol. The molecule has 4 rings (SSSR count). The second-order valence-corrected chi connectivity index (χ2v) is 8.52. The standard InChI is InChI=1S/C26H30/c1-17(2)25-15-19(21-9-5-7-11-23(21)25)13-14-20-16-26(18(3)4)24-12-8-6-10-22(20)24/h5-12,15-20H,13-14H2,1-4H3/t19-,20-/m0/s1. The fraction of sp³-hybridized carbons (Fsp3) is 0.385. The van der Waals surface area contributed by atoms with Crippen molar-refractivity contribution in [3.8, 4) is 0 Å². The summed E-state index contributed by atoms with van der Waals surface area (Å²) in [5.74, 6) is 2.35. The highest BCUT2D eigenvalue weighted by atomic mass is 14.3. The van der Waals surface area contributed by atoms with Gasteiger partial charge >= 0.3 is 0 Å². The fourth-order valence-electron chi connectivity index (χ4n) is 4.80. The van der Waals surface area contributed by atoms with Crippen LogP contribution in [0, 0.1) is 11.8 Å². The van der Waals surface area contributed by atoms with Gasteiger partial charge in [-0.15, -0.1) is 0 Å². The molecule has 0 unspecified atom stereocenters. The van der Waals surface area contributed by atoms with Crippen LogP contribution in [0.15, 0.2) is 60.7 Å². The Kier molecular flexibility index (Phi) is 4.61. The molecule has 0 aromatic heterocycles. The first kappa shape index (κ1) is 17.3. The molecule has 134 valence electrons. The van der Waals surface area contributed by atoms with Crippen molar-refractivity contribution in [3.05, 3.63) is 82.9 Å². The van der Waals surface area contributed by atoms with E-state index < -0.39 is 0 Å². The molecule has 2 aromatic rings. The highest BCUT2D eigenvalue weighted by Gasteiger charge is 2.28. The smallest absolute Gasteiger partial charge is 0.00304 e. The average molecular weight is 343 g/mol. The molecule has 0 heterocycles. The fourth-order valence-corrected chi connectivity index (χ4v) is 4.80. The number of benzene rings is 2. The molecule has 0 spiro atoms. The molecular formula is C26H30. The Morgan fingerprint density at radius 2 is 1.00 bits per heavy atom. The SMILES string of the molecule is CC(C)C1=C[C@H](CC[C@H]2C=C(C(C)C)c3ccccc32)c2ccccc21. The highest BCUT2D eigenvalue weighted by molar-refractivity contribution is 5.77. The molecule has 0 N–H and O–H groups in total. The first-order valence-corrected chi connectivity index (χ1v) is 10.2. The van der Waals surface area contributed by atoms with Crippen molar-refractivity contribution in [3.63, 3.8) is 0 Å². The van der Waals surface area contributed by atoms with E-state index in [0.29, 0.717) is 23.7 Å². The van der Waals surface area contributed by atoms with Gasteiger partial charge in [-0.05, 0) is 58.1 Å². The number of rotatable bonds is 5. The second kappa shape index (κ2) is 6.91. The third-order valence-electron chi connectivity index (χ3n) is 6.14. The van der Waals surface area contributed by atoms with Crippen molar-refractivity contribution in [1.29, 1.82) is 0 Å². The van der Waals surface area contributed by atoms with Crippen LogP contribution < -0.4 is 0 Å². The van der Waals surface area contributed by atoms with Gasteiger partial charge in [0.25, 0.3) is 0 Å². The molecule has 2 aromatic carbocycles. The van der Waals surface area contributed by atoms with E-state index in [1.54, 1.807) is 0 Å². The van der Waals surface area contributed by atoms with E-state index in [1.807, 2.05) is 0 Å². The van der Waals surface area contributed by atoms with Gasteiger partial charge in [0.2, 0.25) is 0 Å². The lowest BCUT2D eigenvalue weighted by atomic mass is 9.89. The molecule has 2 aliphatic rings. The molecular weight excluding hydrogens is 312 g/mol. The van der Waals surface area contributed by atoms with Crippen molar-refractivity contribution in [1.82, 2.24) is 0 Å². The Bertz CT molecular complexity index is 790. The summed E-state index contributed by atoms with van der Waals surface area (Å²) in [4.78, 5) is 0. The van der Waals surface area contributed by atoms with Gasteiger partial charge in [-0.25, -0.2) is 0 Å². The maximum Gasteiger partial charge on any atom is 0.00304 e. The van der Waals surface area contributed by atoms with Crippen LogP contribution in [0.4, 0.5) is 0 Å². The van der Waals surface area contributed by atoms with Crippen LogP contribution in [0.1, 0.15) is 74.6 Å². The first-order valence-electron chi connectivity index (χ1n) is 10.2. The van der Waals surface area contributed by atoms with E-state index in [9.17, 15) is 0 Å². The van der Waals surface area contributed by atoms with Crippen molar-refractivity contribution in [2.75, 3.05) is 0 Å². The zero-order valence-electron chi connectivity index (χ0n) is 16.5. The minimum atomic E-state index is 0.576. The number of hydrogen-bond acceptors (Lipinski definition) is 0. The Hall–Kier alpha value is -2.08. The minimum Gasteiger partial charge on any atom is -0.0729 e. The van der Waals surface area contributed by atoms with Crippen molar-refractivity contribution in [2.45, 2.75) is 52.4 Å². The summed E-state index contributed by atoms with van der Waals surface area (Å²) in [6, 6.07) is 18.1. The summed E-state index contributed by atoms with van der Waals surface area (Å²) in [5, 5.41) is 0. The lowest BCUT2D eigenvalue weighted by Crippen LogP contribution is -1.98. The monoisotopic (exact) mass is 342 g/mol. The summed E-state index contributed by atoms with van der Waals surface area (Å²) in [6.45, 7) is 9.26. The van der Waals surface area contributed by atoms with E-state index in [2.05, 4.69) is 88.4 Å². The van der Waals surface area contributed by atoms with E-state index in [0.717, 1.165) is 0 Å². The molecule has 0 amide bonds. The van der Waals surface area contributed by atoms with Crippen LogP contribution in [-0.2, 0) is 0 Å². The summed E-state index contributed by atoms with van der Waals surface area (Å²) in [6.07, 6.45) is 7.55. The Balaban J connectivity index is 1.57. The topological polar surface area (TPSA) is 0 Å². The maximum atomic E-state index is 2.54. The zero-order chi connectivity index (χ0) is 18.3. The normalized spacial score (nSPS) is 21.0. The predicted octanol–water partition coefficient (Wildman–Crippen LogP) is 7.44. The van der Waals surface area contributed by atoms with E-state index in [1.165, 1.54) is 46.2 Å². The third-order valence-corrected chi connectivity index (χ3v) is 6.14. The van der Waals surface area contributed by atoms with Crippen molar-refractivity contribution < 1.29 is 0 Å². The van der Waals surface area contributed by atoms with Gasteiger partial charge in [-0.2, -0.15) is 0 Å². The highest BCUT2D eigenvalue weighted by Crippen LogP contribution is 2.46. The van der Waals surface area contributed by atoms with E-state index in [4.69, 9.17) is 0 Å². The van der Waals surface area contributed by atoms with Crippen LogP contribution in [0.25, 0.3) is 11.1 Å². The van der Waals surface area contributed by atoms with Crippen LogP contribution in [0.3, 0.4) is 0 Å². The van der Waals surface area contributed by atoms with Gasteiger partial charge in [-0.3, -0.25) is 0 Å². The lowest BCUT2D eigenvalue weighted by Gasteiger charge is -2.15. The quantitative estimate of drug-likeness (QED) is 0.529. The molecule has 0 bridgehead atoms. The Morgan fingerprint density at radius 1 is 0.615 bits per heavy atom. The molecule has 0 radical (unpaired) electrons. The Morgan fingerprint density at radius 3 is 1.38 bits per heavy atom. The summed E-state index contributed by atoms with van der Waals surface area (Å²) >= 11 is 0. The van der Waals surface area contributed by atoms with Crippen LogP contribution in [-0.4, -0.2) is 0 Å². The van der Waals surface area contributed by atoms with Gasteiger partial charge < -0.3 is 0 Å². The average Bonchev–Trinajstić information content (AvgIpc) is 3.19. The summed E-state index contributed by atoms with van der Waals surface area (Å²) < 4.78 is 0. The second-order valence-electron chi connectivity index (χ2n) is 8.52. The van der Waals surface area contributed by atoms with Crippen molar-refractivity contribution >= 4 is 11.1 Å². The molecule has 0 saturated heterocycles. The molecule has 0 heteroatoms. The minimum absolute atomic E-state index is 0.576. The summed E-state index contributed by atoms with van der Waals surface area (Å²) in [5.41, 5.74) is 9.12. The molecule has 2 atom stereocenters. The van der Waals surface area contributed by atoms with Crippen LogP contribution in [0.5, 0.6) is 0 Å². The molecule has 0 nitrogen and oxygen atoms in total. The van der Waals surface area contributed by atoms with E-state index >= 15 is 0 Å². The van der Waals surface area contributed by atoms with Crippen molar-refractivity contribution in [2.24, 2.45) is 11.8 Å². The third kappa shape index (κ3) is 2.96. The number of hydrogen-bond donors (Lipinski definition) is 0. The lowest BCUT2D eigenvalue weighted by molar-refractivity contribution is 0.641. The van der Waals surface area contributed by atoms with Gasteiger partial charge in [-0.1, -0.05) is 88.4 Å². The number of allylic oxidation sites excluding steroid dienone is 4. The van der Waals surface area contributed by atoms with Crippen LogP contribution in [0.2, 0.25) is 0 Å². The molecule has 2 aliphatic carbocycles. The van der Waals surface area contributed by atoms with Crippen LogP contribution >= 0.6 is 0 Å². The van der Waals surface area contributed by atoms with Gasteiger partial charge in [0, 0.05) is 11.8 Å². The first-order chi connectivity index (χ1) is 12.6. The number of fused-ring (bicyclic) bond motifs is 2.